The molecule has 0 aliphatic heterocycles. The Morgan fingerprint density at radius 2 is 1.17 bits per heavy atom. The van der Waals surface area contributed by atoms with E-state index in [0.29, 0.717) is 0 Å². The summed E-state index contributed by atoms with van der Waals surface area (Å²) in [5.41, 5.74) is 5.01. The fourth-order valence-electron chi connectivity index (χ4n) is 3.40. The second-order valence-corrected chi connectivity index (χ2v) is 11.5. The lowest BCUT2D eigenvalue weighted by Crippen LogP contribution is -2.17. The maximum Gasteiger partial charge on any atom is 0.0468 e. The van der Waals surface area contributed by atoms with E-state index in [4.69, 9.17) is 0 Å². The highest BCUT2D eigenvalue weighted by Crippen LogP contribution is 2.24. The van der Waals surface area contributed by atoms with E-state index < -0.39 is 0 Å². The van der Waals surface area contributed by atoms with Crippen LogP contribution in [0.15, 0.2) is 57.7 Å². The number of aromatic amines is 2. The van der Waals surface area contributed by atoms with Crippen LogP contribution in [-0.2, 0) is 13.1 Å². The Kier molecular flexibility index (Phi) is 8.26. The van der Waals surface area contributed by atoms with E-state index in [1.807, 2.05) is 21.6 Å². The number of fused-ring (bicyclic) bond motifs is 2. The first-order chi connectivity index (χ1) is 14.7. The zero-order valence-electron chi connectivity index (χ0n) is 16.4. The van der Waals surface area contributed by atoms with E-state index in [9.17, 15) is 0 Å². The van der Waals surface area contributed by atoms with Gasteiger partial charge in [0.15, 0.2) is 0 Å². The van der Waals surface area contributed by atoms with E-state index in [2.05, 4.69) is 101 Å². The van der Waals surface area contributed by atoms with E-state index in [1.54, 1.807) is 0 Å². The first kappa shape index (κ1) is 22.3. The summed E-state index contributed by atoms with van der Waals surface area (Å²) in [5, 5.41) is 9.68. The molecular formula is C22H24Br2N4S2. The Morgan fingerprint density at radius 1 is 0.700 bits per heavy atom. The number of H-pyrrole nitrogens is 2. The van der Waals surface area contributed by atoms with Gasteiger partial charge in [-0.15, -0.1) is 0 Å². The molecule has 4 rings (SSSR count). The van der Waals surface area contributed by atoms with Crippen molar-refractivity contribution in [3.8, 4) is 0 Å². The maximum absolute atomic E-state index is 3.55. The molecule has 8 heteroatoms. The molecule has 2 heterocycles. The number of hydrogen-bond donors (Lipinski definition) is 4. The average Bonchev–Trinajstić information content (AvgIpc) is 3.32. The van der Waals surface area contributed by atoms with Gasteiger partial charge in [-0.3, -0.25) is 0 Å². The summed E-state index contributed by atoms with van der Waals surface area (Å²) in [4.78, 5) is 6.68. The smallest absolute Gasteiger partial charge is 0.0468 e. The van der Waals surface area contributed by atoms with Crippen LogP contribution in [0.1, 0.15) is 11.1 Å². The summed E-state index contributed by atoms with van der Waals surface area (Å²) in [6.07, 6.45) is 4.20. The summed E-state index contributed by atoms with van der Waals surface area (Å²) in [7, 11) is 3.87. The zero-order valence-corrected chi connectivity index (χ0v) is 21.2. The van der Waals surface area contributed by atoms with Crippen molar-refractivity contribution in [3.05, 3.63) is 68.9 Å². The second kappa shape index (κ2) is 11.1. The first-order valence-electron chi connectivity index (χ1n) is 9.87. The minimum atomic E-state index is 0.898. The number of nitrogens with one attached hydrogen (secondary N) is 4. The van der Waals surface area contributed by atoms with E-state index in [1.165, 1.54) is 32.9 Å². The van der Waals surface area contributed by atoms with Gasteiger partial charge < -0.3 is 20.6 Å². The number of benzene rings is 2. The van der Waals surface area contributed by atoms with Crippen molar-refractivity contribution in [3.63, 3.8) is 0 Å². The van der Waals surface area contributed by atoms with E-state index >= 15 is 0 Å². The van der Waals surface area contributed by atoms with Crippen LogP contribution in [0.25, 0.3) is 21.8 Å². The highest BCUT2D eigenvalue weighted by atomic mass is 79.9. The van der Waals surface area contributed by atoms with Crippen LogP contribution in [0, 0.1) is 0 Å². The third kappa shape index (κ3) is 5.87. The molecule has 0 spiro atoms. The van der Waals surface area contributed by atoms with Gasteiger partial charge in [0.2, 0.25) is 0 Å². The molecule has 0 aliphatic carbocycles. The molecule has 0 saturated heterocycles. The Balaban J connectivity index is 1.06. The summed E-state index contributed by atoms with van der Waals surface area (Å²) in [6.45, 7) is 3.82. The molecule has 0 amide bonds. The standard InChI is InChI=1S/C22H24Br2N4S2/c23-17-1-3-19-15(13-27-21(19)9-17)11-25-5-7-29-30-8-6-26-12-16-14-28-22-10-18(24)2-4-20(16)22/h1-4,9-10,13-14,25-28H,5-8,11-12H2. The molecule has 30 heavy (non-hydrogen) atoms. The lowest BCUT2D eigenvalue weighted by atomic mass is 10.2. The highest BCUT2D eigenvalue weighted by Gasteiger charge is 2.05. The molecule has 2 aromatic heterocycles. The molecule has 158 valence electrons. The lowest BCUT2D eigenvalue weighted by molar-refractivity contribution is 0.735. The van der Waals surface area contributed by atoms with Crippen LogP contribution in [0.4, 0.5) is 0 Å². The summed E-state index contributed by atoms with van der Waals surface area (Å²) in [5.74, 6) is 2.21. The maximum atomic E-state index is 3.55. The van der Waals surface area contributed by atoms with Crippen LogP contribution in [0.3, 0.4) is 0 Å². The Morgan fingerprint density at radius 3 is 1.63 bits per heavy atom. The molecule has 0 unspecified atom stereocenters. The predicted octanol–water partition coefficient (Wildman–Crippen LogP) is 6.44. The monoisotopic (exact) mass is 566 g/mol. The Labute approximate surface area is 201 Å². The van der Waals surface area contributed by atoms with Crippen molar-refractivity contribution in [1.82, 2.24) is 20.6 Å². The Hall–Kier alpha value is -0.900. The molecule has 2 aromatic carbocycles. The summed E-state index contributed by atoms with van der Waals surface area (Å²) in [6, 6.07) is 12.8. The average molecular weight is 568 g/mol. The molecule has 0 radical (unpaired) electrons. The molecule has 0 atom stereocenters. The third-order valence-corrected chi connectivity index (χ3v) is 8.29. The fourth-order valence-corrected chi connectivity index (χ4v) is 6.02. The van der Waals surface area contributed by atoms with E-state index in [0.717, 1.165) is 46.6 Å². The minimum absolute atomic E-state index is 0.898. The summed E-state index contributed by atoms with van der Waals surface area (Å²) < 4.78 is 2.21. The van der Waals surface area contributed by atoms with Crippen LogP contribution < -0.4 is 10.6 Å². The molecule has 4 aromatic rings. The first-order valence-corrected chi connectivity index (χ1v) is 13.9. The van der Waals surface area contributed by atoms with Crippen molar-refractivity contribution >= 4 is 75.3 Å². The number of hydrogen-bond acceptors (Lipinski definition) is 4. The van der Waals surface area contributed by atoms with Crippen molar-refractivity contribution in [2.45, 2.75) is 13.1 Å². The topological polar surface area (TPSA) is 55.6 Å². The lowest BCUT2D eigenvalue weighted by Gasteiger charge is -2.05. The number of halogens is 2. The van der Waals surface area contributed by atoms with Gasteiger partial charge in [0, 0.05) is 80.8 Å². The largest absolute Gasteiger partial charge is 0.361 e. The van der Waals surface area contributed by atoms with Crippen LogP contribution in [0.2, 0.25) is 0 Å². The van der Waals surface area contributed by atoms with Crippen LogP contribution >= 0.6 is 53.4 Å². The highest BCUT2D eigenvalue weighted by molar-refractivity contribution is 9.10. The van der Waals surface area contributed by atoms with Gasteiger partial charge in [0.25, 0.3) is 0 Å². The normalized spacial score (nSPS) is 11.7. The third-order valence-electron chi connectivity index (χ3n) is 4.90. The van der Waals surface area contributed by atoms with Gasteiger partial charge in [-0.1, -0.05) is 65.6 Å². The van der Waals surface area contributed by atoms with Crippen molar-refractivity contribution in [1.29, 1.82) is 0 Å². The van der Waals surface area contributed by atoms with Crippen LogP contribution in [0.5, 0.6) is 0 Å². The van der Waals surface area contributed by atoms with E-state index in [-0.39, 0.29) is 0 Å². The molecule has 0 fully saturated rings. The van der Waals surface area contributed by atoms with Gasteiger partial charge in [-0.05, 0) is 35.4 Å². The van der Waals surface area contributed by atoms with Crippen molar-refractivity contribution in [2.24, 2.45) is 0 Å². The number of rotatable bonds is 11. The number of aromatic nitrogens is 2. The van der Waals surface area contributed by atoms with Gasteiger partial charge in [0.05, 0.1) is 0 Å². The van der Waals surface area contributed by atoms with Crippen LogP contribution in [-0.4, -0.2) is 34.6 Å². The molecule has 0 saturated carbocycles. The Bertz CT molecular complexity index is 1020. The molecule has 4 nitrogen and oxygen atoms in total. The predicted molar refractivity (Wildman–Crippen MR) is 140 cm³/mol. The van der Waals surface area contributed by atoms with Gasteiger partial charge in [-0.25, -0.2) is 0 Å². The fraction of sp³-hybridized carbons (Fsp3) is 0.273. The van der Waals surface area contributed by atoms with Crippen molar-refractivity contribution < 1.29 is 0 Å². The van der Waals surface area contributed by atoms with Gasteiger partial charge in [-0.2, -0.15) is 0 Å². The van der Waals surface area contributed by atoms with Crippen molar-refractivity contribution in [2.75, 3.05) is 24.6 Å². The molecule has 0 bridgehead atoms. The SMILES string of the molecule is Brc1ccc2c(CNCCSSCCNCc3c[nH]c4cc(Br)ccc34)c[nH]c2c1. The summed E-state index contributed by atoms with van der Waals surface area (Å²) >= 11 is 7.04. The molecular weight excluding hydrogens is 544 g/mol. The minimum Gasteiger partial charge on any atom is -0.361 e. The zero-order chi connectivity index (χ0) is 20.8. The molecule has 0 aliphatic rings. The quantitative estimate of drug-likeness (QED) is 0.124. The van der Waals surface area contributed by atoms with Gasteiger partial charge >= 0.3 is 0 Å². The molecule has 4 N–H and O–H groups in total. The van der Waals surface area contributed by atoms with Gasteiger partial charge in [0.1, 0.15) is 0 Å². The second-order valence-electron chi connectivity index (χ2n) is 7.01.